The second-order valence-electron chi connectivity index (χ2n) is 3.59. The van der Waals surface area contributed by atoms with Gasteiger partial charge in [0.25, 0.3) is 0 Å². The molecule has 0 aromatic rings. The fourth-order valence-electron chi connectivity index (χ4n) is 1.24. The van der Waals surface area contributed by atoms with E-state index in [0.717, 1.165) is 19.3 Å². The quantitative estimate of drug-likeness (QED) is 0.588. The highest BCUT2D eigenvalue weighted by Crippen LogP contribution is 2.02. The van der Waals surface area contributed by atoms with Crippen molar-refractivity contribution in [2.75, 3.05) is 11.5 Å². The Labute approximate surface area is 86.8 Å². The molecular formula is C10H20O3S. The molecule has 4 heteroatoms. The summed E-state index contributed by atoms with van der Waals surface area (Å²) in [6.07, 6.45) is 3.70. The monoisotopic (exact) mass is 220 g/mol. The lowest BCUT2D eigenvalue weighted by Crippen LogP contribution is -2.18. The molecule has 0 saturated heterocycles. The number of sulfone groups is 1. The third-order valence-electron chi connectivity index (χ3n) is 1.97. The van der Waals surface area contributed by atoms with Gasteiger partial charge in [-0.25, -0.2) is 8.42 Å². The largest absolute Gasteiger partial charge is 0.299 e. The molecule has 0 saturated carbocycles. The predicted octanol–water partition coefficient (Wildman–Crippen LogP) is 1.96. The summed E-state index contributed by atoms with van der Waals surface area (Å²) in [6, 6.07) is 0. The van der Waals surface area contributed by atoms with Crippen LogP contribution in [0.4, 0.5) is 0 Å². The van der Waals surface area contributed by atoms with Gasteiger partial charge in [0.2, 0.25) is 0 Å². The van der Waals surface area contributed by atoms with Crippen LogP contribution >= 0.6 is 0 Å². The zero-order valence-electron chi connectivity index (χ0n) is 9.08. The van der Waals surface area contributed by atoms with E-state index in [4.69, 9.17) is 0 Å². The Morgan fingerprint density at radius 2 is 1.71 bits per heavy atom. The number of unbranched alkanes of at least 4 members (excludes halogenated alkanes) is 2. The van der Waals surface area contributed by atoms with E-state index in [2.05, 4.69) is 0 Å². The maximum atomic E-state index is 11.4. The molecular weight excluding hydrogens is 200 g/mol. The van der Waals surface area contributed by atoms with Crippen molar-refractivity contribution in [1.29, 1.82) is 0 Å². The molecule has 0 rings (SSSR count). The molecule has 14 heavy (non-hydrogen) atoms. The fourth-order valence-corrected chi connectivity index (χ4v) is 2.66. The van der Waals surface area contributed by atoms with Gasteiger partial charge in [-0.1, -0.05) is 26.7 Å². The lowest BCUT2D eigenvalue weighted by molar-refractivity contribution is -0.116. The molecule has 0 unspecified atom stereocenters. The Morgan fingerprint density at radius 1 is 1.07 bits per heavy atom. The van der Waals surface area contributed by atoms with Crippen molar-refractivity contribution in [2.24, 2.45) is 0 Å². The van der Waals surface area contributed by atoms with Crippen molar-refractivity contribution in [3.05, 3.63) is 0 Å². The molecule has 84 valence electrons. The molecule has 3 nitrogen and oxygen atoms in total. The molecule has 0 N–H and O–H groups in total. The smallest absolute Gasteiger partial charge is 0.157 e. The zero-order chi connectivity index (χ0) is 11.0. The first-order valence-corrected chi connectivity index (χ1v) is 7.06. The number of hydrogen-bond donors (Lipinski definition) is 0. The van der Waals surface area contributed by atoms with E-state index in [9.17, 15) is 13.2 Å². The van der Waals surface area contributed by atoms with Crippen LogP contribution in [0.25, 0.3) is 0 Å². The van der Waals surface area contributed by atoms with Crippen molar-refractivity contribution in [2.45, 2.75) is 46.0 Å². The van der Waals surface area contributed by atoms with Gasteiger partial charge in [-0.3, -0.25) is 4.79 Å². The van der Waals surface area contributed by atoms with Crippen LogP contribution in [0.1, 0.15) is 46.0 Å². The van der Waals surface area contributed by atoms with Gasteiger partial charge >= 0.3 is 0 Å². The van der Waals surface area contributed by atoms with Gasteiger partial charge in [-0.05, 0) is 12.8 Å². The second-order valence-corrected chi connectivity index (χ2v) is 5.77. The first-order chi connectivity index (χ1) is 6.52. The highest BCUT2D eigenvalue weighted by Gasteiger charge is 2.14. The minimum atomic E-state index is -3.12. The van der Waals surface area contributed by atoms with Crippen LogP contribution in [0.5, 0.6) is 0 Å². The summed E-state index contributed by atoms with van der Waals surface area (Å²) in [7, 11) is -3.12. The van der Waals surface area contributed by atoms with Crippen molar-refractivity contribution < 1.29 is 13.2 Å². The Morgan fingerprint density at radius 3 is 2.21 bits per heavy atom. The molecule has 0 atom stereocenters. The molecule has 0 amide bonds. The summed E-state index contributed by atoms with van der Waals surface area (Å²) >= 11 is 0. The van der Waals surface area contributed by atoms with Gasteiger partial charge in [0, 0.05) is 6.42 Å². The van der Waals surface area contributed by atoms with Crippen LogP contribution in [0.15, 0.2) is 0 Å². The first-order valence-electron chi connectivity index (χ1n) is 5.24. The lowest BCUT2D eigenvalue weighted by Gasteiger charge is -2.02. The minimum absolute atomic E-state index is 0.149. The van der Waals surface area contributed by atoms with Gasteiger partial charge in [-0.15, -0.1) is 0 Å². The standard InChI is InChI=1S/C10H20O3S/c1-3-5-6-8-14(12,13)9-10(11)7-4-2/h3-9H2,1-2H3. The zero-order valence-corrected chi connectivity index (χ0v) is 9.90. The van der Waals surface area contributed by atoms with E-state index in [0.29, 0.717) is 12.8 Å². The summed E-state index contributed by atoms with van der Waals surface area (Å²) in [5.74, 6) is -0.245. The molecule has 0 bridgehead atoms. The predicted molar refractivity (Wildman–Crippen MR) is 58.1 cm³/mol. The number of carbonyl (C=O) groups excluding carboxylic acids is 1. The highest BCUT2D eigenvalue weighted by atomic mass is 32.2. The summed E-state index contributed by atoms with van der Waals surface area (Å²) < 4.78 is 22.7. The molecule has 0 aliphatic rings. The average Bonchev–Trinajstić information content (AvgIpc) is 2.03. The number of rotatable bonds is 8. The van der Waals surface area contributed by atoms with Gasteiger partial charge in [0.05, 0.1) is 5.75 Å². The summed E-state index contributed by atoms with van der Waals surface area (Å²) in [4.78, 5) is 11.1. The van der Waals surface area contributed by atoms with Crippen molar-refractivity contribution in [3.8, 4) is 0 Å². The van der Waals surface area contributed by atoms with Crippen LogP contribution in [0.3, 0.4) is 0 Å². The topological polar surface area (TPSA) is 51.2 Å². The number of ketones is 1. The Balaban J connectivity index is 3.89. The second kappa shape index (κ2) is 6.98. The summed E-state index contributed by atoms with van der Waals surface area (Å²) in [5, 5.41) is 0. The molecule has 0 spiro atoms. The van der Waals surface area contributed by atoms with E-state index in [1.54, 1.807) is 0 Å². The SMILES string of the molecule is CCCCCS(=O)(=O)CC(=O)CCC. The van der Waals surface area contributed by atoms with Crippen molar-refractivity contribution >= 4 is 15.6 Å². The van der Waals surface area contributed by atoms with Gasteiger partial charge < -0.3 is 0 Å². The third kappa shape index (κ3) is 7.06. The van der Waals surface area contributed by atoms with Crippen LogP contribution in [-0.2, 0) is 14.6 Å². The summed E-state index contributed by atoms with van der Waals surface area (Å²) in [5.41, 5.74) is 0. The van der Waals surface area contributed by atoms with E-state index >= 15 is 0 Å². The van der Waals surface area contributed by atoms with Crippen LogP contribution in [-0.4, -0.2) is 25.7 Å². The third-order valence-corrected chi connectivity index (χ3v) is 3.64. The Kier molecular flexibility index (Phi) is 6.79. The number of Topliss-reactive ketones (excluding diaryl/α,β-unsaturated/α-hetero) is 1. The highest BCUT2D eigenvalue weighted by molar-refractivity contribution is 7.92. The van der Waals surface area contributed by atoms with E-state index < -0.39 is 9.84 Å². The van der Waals surface area contributed by atoms with Crippen LogP contribution in [0, 0.1) is 0 Å². The van der Waals surface area contributed by atoms with Gasteiger partial charge in [0.15, 0.2) is 9.84 Å². The molecule has 0 aliphatic carbocycles. The average molecular weight is 220 g/mol. The number of carbonyl (C=O) groups is 1. The lowest BCUT2D eigenvalue weighted by atomic mass is 10.3. The van der Waals surface area contributed by atoms with Gasteiger partial charge in [-0.2, -0.15) is 0 Å². The van der Waals surface area contributed by atoms with E-state index in [-0.39, 0.29) is 17.3 Å². The maximum absolute atomic E-state index is 11.4. The first kappa shape index (κ1) is 13.6. The molecule has 0 heterocycles. The molecule has 0 fully saturated rings. The molecule has 0 aromatic heterocycles. The molecule has 0 aromatic carbocycles. The minimum Gasteiger partial charge on any atom is -0.299 e. The van der Waals surface area contributed by atoms with Gasteiger partial charge in [0.1, 0.15) is 11.5 Å². The number of hydrogen-bond acceptors (Lipinski definition) is 3. The van der Waals surface area contributed by atoms with E-state index in [1.165, 1.54) is 0 Å². The Bertz CT molecular complexity index is 255. The normalized spacial score (nSPS) is 11.6. The van der Waals surface area contributed by atoms with Crippen molar-refractivity contribution in [3.63, 3.8) is 0 Å². The maximum Gasteiger partial charge on any atom is 0.157 e. The fraction of sp³-hybridized carbons (Fsp3) is 0.900. The van der Waals surface area contributed by atoms with Crippen LogP contribution in [0.2, 0.25) is 0 Å². The Hall–Kier alpha value is -0.380. The van der Waals surface area contributed by atoms with Crippen molar-refractivity contribution in [1.82, 2.24) is 0 Å². The van der Waals surface area contributed by atoms with E-state index in [1.807, 2.05) is 13.8 Å². The van der Waals surface area contributed by atoms with Crippen LogP contribution < -0.4 is 0 Å². The molecule has 0 aliphatic heterocycles. The summed E-state index contributed by atoms with van der Waals surface area (Å²) in [6.45, 7) is 3.90. The molecule has 0 radical (unpaired) electrons.